The molecule has 2 saturated carbocycles. The summed E-state index contributed by atoms with van der Waals surface area (Å²) in [5, 5.41) is 9.41. The first kappa shape index (κ1) is 16.6. The molecule has 2 unspecified atom stereocenters. The standard InChI is InChI=1S/C21H27NO3/c1-19(2)10-16-11-20(3,12-19)13-22(16)17(23)14-4-6-15(7-5-14)21(8-9-21)18(24)25/h4-7,16H,8-13H2,1-3H3,(H,24,25). The number of aliphatic carboxylic acids is 1. The Morgan fingerprint density at radius 1 is 1.08 bits per heavy atom. The number of amides is 1. The molecule has 1 aromatic rings. The van der Waals surface area contributed by atoms with Crippen LogP contribution in [0.1, 0.15) is 68.8 Å². The number of hydrogen-bond donors (Lipinski definition) is 1. The molecule has 134 valence electrons. The summed E-state index contributed by atoms with van der Waals surface area (Å²) < 4.78 is 0. The van der Waals surface area contributed by atoms with Crippen molar-refractivity contribution in [3.8, 4) is 0 Å². The quantitative estimate of drug-likeness (QED) is 0.908. The number of nitrogens with zero attached hydrogens (tertiary/aromatic N) is 1. The highest BCUT2D eigenvalue weighted by atomic mass is 16.4. The number of rotatable bonds is 3. The Hall–Kier alpha value is -1.84. The van der Waals surface area contributed by atoms with Crippen molar-refractivity contribution in [2.24, 2.45) is 10.8 Å². The molecular formula is C21H27NO3. The molecule has 2 atom stereocenters. The van der Waals surface area contributed by atoms with Gasteiger partial charge in [-0.25, -0.2) is 0 Å². The molecule has 1 aliphatic heterocycles. The van der Waals surface area contributed by atoms with E-state index in [2.05, 4.69) is 25.7 Å². The van der Waals surface area contributed by atoms with E-state index in [1.165, 1.54) is 6.42 Å². The molecule has 25 heavy (non-hydrogen) atoms. The zero-order valence-corrected chi connectivity index (χ0v) is 15.3. The van der Waals surface area contributed by atoms with Gasteiger partial charge in [-0.15, -0.1) is 0 Å². The number of carbonyl (C=O) groups excluding carboxylic acids is 1. The van der Waals surface area contributed by atoms with Crippen LogP contribution in [0.25, 0.3) is 0 Å². The van der Waals surface area contributed by atoms with Gasteiger partial charge >= 0.3 is 5.97 Å². The summed E-state index contributed by atoms with van der Waals surface area (Å²) >= 11 is 0. The van der Waals surface area contributed by atoms with E-state index in [1.807, 2.05) is 24.3 Å². The highest BCUT2D eigenvalue weighted by molar-refractivity contribution is 5.95. The summed E-state index contributed by atoms with van der Waals surface area (Å²) in [6.07, 6.45) is 4.71. The van der Waals surface area contributed by atoms with E-state index in [0.717, 1.165) is 24.9 Å². The van der Waals surface area contributed by atoms with Gasteiger partial charge in [0.05, 0.1) is 5.41 Å². The van der Waals surface area contributed by atoms with Crippen molar-refractivity contribution in [2.75, 3.05) is 6.54 Å². The predicted octanol–water partition coefficient (Wildman–Crippen LogP) is 3.84. The minimum Gasteiger partial charge on any atom is -0.481 e. The summed E-state index contributed by atoms with van der Waals surface area (Å²) in [4.78, 5) is 26.6. The van der Waals surface area contributed by atoms with Crippen LogP contribution in [0.2, 0.25) is 0 Å². The van der Waals surface area contributed by atoms with Gasteiger partial charge in [0.15, 0.2) is 0 Å². The lowest BCUT2D eigenvalue weighted by Crippen LogP contribution is -2.37. The van der Waals surface area contributed by atoms with Crippen LogP contribution in [0.4, 0.5) is 0 Å². The third-order valence-corrected chi connectivity index (χ3v) is 6.52. The van der Waals surface area contributed by atoms with Crippen molar-refractivity contribution in [3.05, 3.63) is 35.4 Å². The van der Waals surface area contributed by atoms with Gasteiger partial charge < -0.3 is 10.0 Å². The maximum Gasteiger partial charge on any atom is 0.314 e. The van der Waals surface area contributed by atoms with E-state index in [4.69, 9.17) is 0 Å². The number of fused-ring (bicyclic) bond motifs is 2. The summed E-state index contributed by atoms with van der Waals surface area (Å²) in [7, 11) is 0. The predicted molar refractivity (Wildman–Crippen MR) is 95.6 cm³/mol. The van der Waals surface area contributed by atoms with Gasteiger partial charge in [0.1, 0.15) is 0 Å². The van der Waals surface area contributed by atoms with Crippen LogP contribution in [0, 0.1) is 10.8 Å². The monoisotopic (exact) mass is 341 g/mol. The lowest BCUT2D eigenvalue weighted by molar-refractivity contribution is -0.140. The topological polar surface area (TPSA) is 57.6 Å². The fourth-order valence-corrected chi connectivity index (χ4v) is 5.55. The summed E-state index contributed by atoms with van der Waals surface area (Å²) in [5.41, 5.74) is 1.31. The second kappa shape index (κ2) is 5.09. The molecule has 4 rings (SSSR count). The average molecular weight is 341 g/mol. The Labute approximate surface area is 149 Å². The minimum absolute atomic E-state index is 0.0955. The van der Waals surface area contributed by atoms with Crippen LogP contribution in [0.3, 0.4) is 0 Å². The number of carboxylic acid groups (broad SMARTS) is 1. The van der Waals surface area contributed by atoms with E-state index in [-0.39, 0.29) is 16.7 Å². The Bertz CT molecular complexity index is 732. The van der Waals surface area contributed by atoms with Gasteiger partial charge in [-0.05, 0) is 60.6 Å². The number of carboxylic acids is 1. The molecule has 0 radical (unpaired) electrons. The number of carbonyl (C=O) groups is 2. The fourth-order valence-electron chi connectivity index (χ4n) is 5.55. The van der Waals surface area contributed by atoms with E-state index in [1.54, 1.807) is 0 Å². The number of benzene rings is 1. The SMILES string of the molecule is CC1(C)CC2CC(C)(CN2C(=O)c2ccc(C3(C(=O)O)CC3)cc2)C1. The van der Waals surface area contributed by atoms with Crippen LogP contribution in [0.15, 0.2) is 24.3 Å². The van der Waals surface area contributed by atoms with Crippen molar-refractivity contribution >= 4 is 11.9 Å². The molecule has 1 aromatic carbocycles. The lowest BCUT2D eigenvalue weighted by atomic mass is 9.65. The Balaban J connectivity index is 1.55. The lowest BCUT2D eigenvalue weighted by Gasteiger charge is -2.39. The molecule has 1 N–H and O–H groups in total. The first-order valence-electron chi connectivity index (χ1n) is 9.29. The maximum atomic E-state index is 13.1. The highest BCUT2D eigenvalue weighted by Gasteiger charge is 2.52. The smallest absolute Gasteiger partial charge is 0.314 e. The summed E-state index contributed by atoms with van der Waals surface area (Å²) in [6, 6.07) is 7.63. The molecule has 3 fully saturated rings. The zero-order valence-electron chi connectivity index (χ0n) is 15.3. The van der Waals surface area contributed by atoms with Crippen LogP contribution in [-0.4, -0.2) is 34.5 Å². The van der Waals surface area contributed by atoms with Gasteiger partial charge in [-0.1, -0.05) is 32.9 Å². The third kappa shape index (κ3) is 2.66. The molecule has 1 saturated heterocycles. The fraction of sp³-hybridized carbons (Fsp3) is 0.619. The van der Waals surface area contributed by atoms with Crippen molar-refractivity contribution in [3.63, 3.8) is 0 Å². The Kier molecular flexibility index (Phi) is 3.38. The largest absolute Gasteiger partial charge is 0.481 e. The molecule has 0 aromatic heterocycles. The van der Waals surface area contributed by atoms with Gasteiger partial charge in [0.2, 0.25) is 0 Å². The number of hydrogen-bond acceptors (Lipinski definition) is 2. The van der Waals surface area contributed by atoms with Gasteiger partial charge in [0, 0.05) is 18.2 Å². The molecule has 0 spiro atoms. The van der Waals surface area contributed by atoms with Crippen molar-refractivity contribution in [1.29, 1.82) is 0 Å². The van der Waals surface area contributed by atoms with E-state index in [9.17, 15) is 14.7 Å². The molecule has 4 heteroatoms. The average Bonchev–Trinajstić information content (AvgIpc) is 3.28. The number of likely N-dealkylation sites (tertiary alicyclic amines) is 1. The Morgan fingerprint density at radius 3 is 2.28 bits per heavy atom. The van der Waals surface area contributed by atoms with Gasteiger partial charge in [-0.3, -0.25) is 9.59 Å². The molecule has 2 aliphatic carbocycles. The van der Waals surface area contributed by atoms with E-state index in [0.29, 0.717) is 24.4 Å². The second-order valence-corrected chi connectivity index (χ2v) is 9.61. The van der Waals surface area contributed by atoms with Gasteiger partial charge in [0.25, 0.3) is 5.91 Å². The molecule has 3 aliphatic rings. The first-order valence-corrected chi connectivity index (χ1v) is 9.29. The summed E-state index contributed by atoms with van der Waals surface area (Å²) in [6.45, 7) is 7.75. The third-order valence-electron chi connectivity index (χ3n) is 6.52. The molecule has 4 nitrogen and oxygen atoms in total. The maximum absolute atomic E-state index is 13.1. The van der Waals surface area contributed by atoms with Crippen LogP contribution in [0.5, 0.6) is 0 Å². The zero-order chi connectivity index (χ0) is 18.0. The van der Waals surface area contributed by atoms with Gasteiger partial charge in [-0.2, -0.15) is 0 Å². The van der Waals surface area contributed by atoms with Crippen LogP contribution >= 0.6 is 0 Å². The molecule has 1 amide bonds. The van der Waals surface area contributed by atoms with Crippen LogP contribution < -0.4 is 0 Å². The summed E-state index contributed by atoms with van der Waals surface area (Å²) in [5.74, 6) is -0.659. The Morgan fingerprint density at radius 2 is 1.72 bits per heavy atom. The second-order valence-electron chi connectivity index (χ2n) is 9.61. The molecular weight excluding hydrogens is 314 g/mol. The molecule has 2 bridgehead atoms. The first-order chi connectivity index (χ1) is 11.6. The minimum atomic E-state index is -0.755. The van der Waals surface area contributed by atoms with E-state index >= 15 is 0 Å². The molecule has 1 heterocycles. The highest BCUT2D eigenvalue weighted by Crippen LogP contribution is 2.53. The van der Waals surface area contributed by atoms with Crippen molar-refractivity contribution in [1.82, 2.24) is 4.90 Å². The van der Waals surface area contributed by atoms with Crippen molar-refractivity contribution in [2.45, 2.75) is 64.3 Å². The van der Waals surface area contributed by atoms with Crippen molar-refractivity contribution < 1.29 is 14.7 Å². The van der Waals surface area contributed by atoms with Crippen LogP contribution in [-0.2, 0) is 10.2 Å². The van der Waals surface area contributed by atoms with E-state index < -0.39 is 11.4 Å². The normalized spacial score (nSPS) is 31.6.